The summed E-state index contributed by atoms with van der Waals surface area (Å²) >= 11 is 6.26. The van der Waals surface area contributed by atoms with Crippen LogP contribution in [0.25, 0.3) is 33.3 Å². The Hall–Kier alpha value is -3.63. The summed E-state index contributed by atoms with van der Waals surface area (Å²) in [5.74, 6) is 0.281. The van der Waals surface area contributed by atoms with Crippen LogP contribution >= 0.6 is 11.6 Å². The number of carbonyl (C=O) groups excluding carboxylic acids is 1. The first kappa shape index (κ1) is 18.4. The molecule has 146 valence electrons. The van der Waals surface area contributed by atoms with E-state index in [4.69, 9.17) is 16.0 Å². The van der Waals surface area contributed by atoms with Crippen molar-refractivity contribution in [2.45, 2.75) is 6.92 Å². The van der Waals surface area contributed by atoms with Crippen molar-refractivity contribution in [2.75, 3.05) is 5.32 Å². The molecule has 0 aliphatic heterocycles. The number of hydrogen-bond donors (Lipinski definition) is 1. The molecule has 0 saturated heterocycles. The average Bonchev–Trinajstić information content (AvgIpc) is 3.17. The van der Waals surface area contributed by atoms with E-state index in [1.165, 1.54) is 0 Å². The highest BCUT2D eigenvalue weighted by Crippen LogP contribution is 2.31. The predicted molar refractivity (Wildman–Crippen MR) is 121 cm³/mol. The quantitative estimate of drug-likeness (QED) is 0.352. The van der Waals surface area contributed by atoms with E-state index in [0.29, 0.717) is 33.3 Å². The van der Waals surface area contributed by atoms with Crippen molar-refractivity contribution in [3.8, 4) is 11.5 Å². The summed E-state index contributed by atoms with van der Waals surface area (Å²) in [5.41, 5.74) is 4.43. The van der Waals surface area contributed by atoms with Gasteiger partial charge in [-0.1, -0.05) is 54.1 Å². The third-order valence-corrected chi connectivity index (χ3v) is 5.47. The van der Waals surface area contributed by atoms with Crippen LogP contribution in [0.1, 0.15) is 15.9 Å². The smallest absolute Gasteiger partial charge is 0.256 e. The molecule has 5 rings (SSSR count). The number of oxazole rings is 1. The largest absolute Gasteiger partial charge is 0.436 e. The van der Waals surface area contributed by atoms with Crippen LogP contribution < -0.4 is 5.32 Å². The zero-order chi connectivity index (χ0) is 20.7. The van der Waals surface area contributed by atoms with Crippen molar-refractivity contribution in [3.63, 3.8) is 0 Å². The molecule has 0 unspecified atom stereocenters. The first-order valence-corrected chi connectivity index (χ1v) is 9.93. The third kappa shape index (κ3) is 3.21. The van der Waals surface area contributed by atoms with E-state index in [1.54, 1.807) is 24.3 Å². The highest BCUT2D eigenvalue weighted by molar-refractivity contribution is 6.33. The van der Waals surface area contributed by atoms with E-state index in [0.717, 1.165) is 21.9 Å². The number of amides is 1. The molecule has 5 aromatic rings. The van der Waals surface area contributed by atoms with Crippen LogP contribution in [0.2, 0.25) is 5.02 Å². The number of nitrogens with one attached hydrogen (secondary N) is 1. The molecule has 0 fully saturated rings. The number of nitrogens with zero attached hydrogens (tertiary/aromatic N) is 1. The summed E-state index contributed by atoms with van der Waals surface area (Å²) in [6.07, 6.45) is 0. The van der Waals surface area contributed by atoms with E-state index in [2.05, 4.69) is 10.3 Å². The standard InChI is InChI=1S/C25H17ClN2O2/c1-15-10-12-19(18-7-3-2-6-17(15)18)24(29)27-16-11-13-23-22(14-16)28-25(30-23)20-8-4-5-9-21(20)26/h2-14H,1H3,(H,27,29). The minimum atomic E-state index is -0.166. The normalized spacial score (nSPS) is 11.1. The number of aromatic nitrogens is 1. The Balaban J connectivity index is 1.48. The highest BCUT2D eigenvalue weighted by Gasteiger charge is 2.14. The van der Waals surface area contributed by atoms with Crippen molar-refractivity contribution in [1.29, 1.82) is 0 Å². The average molecular weight is 413 g/mol. The number of aryl methyl sites for hydroxylation is 1. The molecule has 5 heteroatoms. The van der Waals surface area contributed by atoms with Crippen molar-refractivity contribution >= 4 is 45.1 Å². The highest BCUT2D eigenvalue weighted by atomic mass is 35.5. The fraction of sp³-hybridized carbons (Fsp3) is 0.0400. The second kappa shape index (κ2) is 7.32. The lowest BCUT2D eigenvalue weighted by molar-refractivity contribution is 0.102. The molecule has 0 atom stereocenters. The Morgan fingerprint density at radius 3 is 2.53 bits per heavy atom. The predicted octanol–water partition coefficient (Wildman–Crippen LogP) is 6.86. The van der Waals surface area contributed by atoms with Gasteiger partial charge in [0.1, 0.15) is 5.52 Å². The topological polar surface area (TPSA) is 55.1 Å². The number of benzene rings is 4. The maximum absolute atomic E-state index is 13.0. The Kier molecular flexibility index (Phi) is 4.49. The maximum atomic E-state index is 13.0. The van der Waals surface area contributed by atoms with Gasteiger partial charge in [-0.15, -0.1) is 0 Å². The third-order valence-electron chi connectivity index (χ3n) is 5.14. The Labute approximate surface area is 178 Å². The van der Waals surface area contributed by atoms with Gasteiger partial charge in [0.25, 0.3) is 5.91 Å². The molecule has 4 aromatic carbocycles. The molecule has 0 saturated carbocycles. The Morgan fingerprint density at radius 2 is 1.70 bits per heavy atom. The fourth-order valence-corrected chi connectivity index (χ4v) is 3.82. The van der Waals surface area contributed by atoms with Crippen LogP contribution in [-0.4, -0.2) is 10.9 Å². The second-order valence-corrected chi connectivity index (χ2v) is 7.52. The minimum absolute atomic E-state index is 0.166. The Bertz CT molecular complexity index is 1420. The molecule has 0 spiro atoms. The van der Waals surface area contributed by atoms with Crippen molar-refractivity contribution < 1.29 is 9.21 Å². The van der Waals surface area contributed by atoms with Gasteiger partial charge in [-0.3, -0.25) is 4.79 Å². The number of rotatable bonds is 3. The summed E-state index contributed by atoms with van der Waals surface area (Å²) in [5, 5.41) is 5.55. The van der Waals surface area contributed by atoms with Crippen LogP contribution in [0.3, 0.4) is 0 Å². The summed E-state index contributed by atoms with van der Waals surface area (Å²) in [4.78, 5) is 17.5. The van der Waals surface area contributed by atoms with Gasteiger partial charge < -0.3 is 9.73 Å². The van der Waals surface area contributed by atoms with Crippen LogP contribution in [0.5, 0.6) is 0 Å². The zero-order valence-electron chi connectivity index (χ0n) is 16.1. The van der Waals surface area contributed by atoms with Gasteiger partial charge in [0.2, 0.25) is 5.89 Å². The number of anilines is 1. The Morgan fingerprint density at radius 1 is 0.933 bits per heavy atom. The summed E-state index contributed by atoms with van der Waals surface area (Å²) in [6.45, 7) is 2.04. The molecule has 0 aliphatic carbocycles. The van der Waals surface area contributed by atoms with E-state index < -0.39 is 0 Å². The zero-order valence-corrected chi connectivity index (χ0v) is 16.9. The van der Waals surface area contributed by atoms with Gasteiger partial charge >= 0.3 is 0 Å². The lowest BCUT2D eigenvalue weighted by Gasteiger charge is -2.10. The van der Waals surface area contributed by atoms with Crippen LogP contribution in [0.15, 0.2) is 83.3 Å². The number of fused-ring (bicyclic) bond motifs is 2. The molecular formula is C25H17ClN2O2. The summed E-state index contributed by atoms with van der Waals surface area (Å²) < 4.78 is 5.84. The molecular weight excluding hydrogens is 396 g/mol. The van der Waals surface area contributed by atoms with Crippen LogP contribution in [0, 0.1) is 6.92 Å². The summed E-state index contributed by atoms with van der Waals surface area (Å²) in [6, 6.07) is 24.5. The monoisotopic (exact) mass is 412 g/mol. The molecule has 0 radical (unpaired) electrons. The molecule has 30 heavy (non-hydrogen) atoms. The second-order valence-electron chi connectivity index (χ2n) is 7.11. The maximum Gasteiger partial charge on any atom is 0.256 e. The minimum Gasteiger partial charge on any atom is -0.436 e. The van der Waals surface area contributed by atoms with E-state index >= 15 is 0 Å². The lowest BCUT2D eigenvalue weighted by Crippen LogP contribution is -2.12. The number of hydrogen-bond acceptors (Lipinski definition) is 3. The SMILES string of the molecule is Cc1ccc(C(=O)Nc2ccc3oc(-c4ccccc4Cl)nc3c2)c2ccccc12. The molecule has 1 N–H and O–H groups in total. The van der Waals surface area contributed by atoms with E-state index in [-0.39, 0.29) is 5.91 Å². The first-order chi connectivity index (χ1) is 14.6. The molecule has 1 heterocycles. The van der Waals surface area contributed by atoms with Crippen molar-refractivity contribution in [3.05, 3.63) is 95.0 Å². The van der Waals surface area contributed by atoms with Crippen LogP contribution in [-0.2, 0) is 0 Å². The van der Waals surface area contributed by atoms with Gasteiger partial charge in [0.15, 0.2) is 5.58 Å². The first-order valence-electron chi connectivity index (χ1n) is 9.55. The van der Waals surface area contributed by atoms with Gasteiger partial charge in [-0.25, -0.2) is 4.98 Å². The number of carbonyl (C=O) groups is 1. The van der Waals surface area contributed by atoms with Crippen LogP contribution in [0.4, 0.5) is 5.69 Å². The molecule has 0 bridgehead atoms. The number of halogens is 1. The molecule has 1 amide bonds. The van der Waals surface area contributed by atoms with E-state index in [9.17, 15) is 4.79 Å². The van der Waals surface area contributed by atoms with E-state index in [1.807, 2.05) is 61.5 Å². The molecule has 1 aromatic heterocycles. The lowest BCUT2D eigenvalue weighted by atomic mass is 10.00. The van der Waals surface area contributed by atoms with Gasteiger partial charge in [-0.2, -0.15) is 0 Å². The van der Waals surface area contributed by atoms with Crippen molar-refractivity contribution in [2.24, 2.45) is 0 Å². The van der Waals surface area contributed by atoms with Gasteiger partial charge in [-0.05, 0) is 59.7 Å². The molecule has 0 aliphatic rings. The summed E-state index contributed by atoms with van der Waals surface area (Å²) in [7, 11) is 0. The van der Waals surface area contributed by atoms with Gasteiger partial charge in [0.05, 0.1) is 10.6 Å². The van der Waals surface area contributed by atoms with Gasteiger partial charge in [0, 0.05) is 11.3 Å². The molecule has 4 nitrogen and oxygen atoms in total. The fourth-order valence-electron chi connectivity index (χ4n) is 3.60. The van der Waals surface area contributed by atoms with Crippen molar-refractivity contribution in [1.82, 2.24) is 4.98 Å².